The number of halogens is 1. The summed E-state index contributed by atoms with van der Waals surface area (Å²) in [4.78, 5) is 49.4. The van der Waals surface area contributed by atoms with Gasteiger partial charge in [-0.25, -0.2) is 9.59 Å². The molecule has 0 saturated carbocycles. The van der Waals surface area contributed by atoms with Crippen molar-refractivity contribution < 1.29 is 23.9 Å². The summed E-state index contributed by atoms with van der Waals surface area (Å²) in [5, 5.41) is 5.59. The van der Waals surface area contributed by atoms with Crippen LogP contribution in [0.15, 0.2) is 48.5 Å². The van der Waals surface area contributed by atoms with Gasteiger partial charge in [0.05, 0.1) is 25.6 Å². The van der Waals surface area contributed by atoms with Crippen molar-refractivity contribution in [2.24, 2.45) is 0 Å². The molecule has 3 rings (SSSR count). The Morgan fingerprint density at radius 2 is 1.83 bits per heavy atom. The van der Waals surface area contributed by atoms with E-state index in [0.717, 1.165) is 4.90 Å². The zero-order valence-electron chi connectivity index (χ0n) is 15.5. The monoisotopic (exact) mass is 415 g/mol. The van der Waals surface area contributed by atoms with Crippen molar-refractivity contribution in [3.8, 4) is 0 Å². The van der Waals surface area contributed by atoms with Crippen molar-refractivity contribution in [3.05, 3.63) is 64.7 Å². The molecule has 0 aromatic heterocycles. The molecule has 0 unspecified atom stereocenters. The number of ether oxygens (including phenoxy) is 1. The van der Waals surface area contributed by atoms with Gasteiger partial charge in [0.25, 0.3) is 5.91 Å². The molecule has 150 valence electrons. The van der Waals surface area contributed by atoms with Gasteiger partial charge in [-0.2, -0.15) is 0 Å². The Labute approximate surface area is 171 Å². The van der Waals surface area contributed by atoms with Gasteiger partial charge in [-0.3, -0.25) is 14.5 Å². The van der Waals surface area contributed by atoms with E-state index in [9.17, 15) is 19.2 Å². The molecule has 0 spiro atoms. The average molecular weight is 416 g/mol. The van der Waals surface area contributed by atoms with Crippen LogP contribution in [-0.4, -0.2) is 41.9 Å². The zero-order chi connectivity index (χ0) is 21.0. The van der Waals surface area contributed by atoms with Crippen LogP contribution in [0.25, 0.3) is 0 Å². The number of anilines is 1. The van der Waals surface area contributed by atoms with Crippen molar-refractivity contribution in [2.45, 2.75) is 19.0 Å². The molecule has 1 fully saturated rings. The fourth-order valence-corrected chi connectivity index (χ4v) is 3.06. The van der Waals surface area contributed by atoms with Gasteiger partial charge in [0.2, 0.25) is 5.91 Å². The van der Waals surface area contributed by atoms with E-state index in [4.69, 9.17) is 11.6 Å². The highest BCUT2D eigenvalue weighted by atomic mass is 35.5. The van der Waals surface area contributed by atoms with Crippen LogP contribution < -0.4 is 10.6 Å². The molecule has 2 N–H and O–H groups in total. The van der Waals surface area contributed by atoms with Gasteiger partial charge in [0.15, 0.2) is 0 Å². The first-order valence-electron chi connectivity index (χ1n) is 8.72. The van der Waals surface area contributed by atoms with Crippen LogP contribution in [0.5, 0.6) is 0 Å². The predicted molar refractivity (Wildman–Crippen MR) is 105 cm³/mol. The number of amides is 4. The Hall–Kier alpha value is -3.39. The van der Waals surface area contributed by atoms with E-state index in [2.05, 4.69) is 15.4 Å². The Morgan fingerprint density at radius 1 is 1.14 bits per heavy atom. The zero-order valence-corrected chi connectivity index (χ0v) is 16.2. The maximum atomic E-state index is 12.5. The number of esters is 1. The van der Waals surface area contributed by atoms with Crippen molar-refractivity contribution in [2.75, 3.05) is 12.4 Å². The molecule has 2 aromatic carbocycles. The fourth-order valence-electron chi connectivity index (χ4n) is 2.87. The van der Waals surface area contributed by atoms with E-state index >= 15 is 0 Å². The van der Waals surface area contributed by atoms with Gasteiger partial charge in [-0.15, -0.1) is 0 Å². The number of hydrogen-bond acceptors (Lipinski definition) is 5. The number of urea groups is 1. The molecule has 1 heterocycles. The lowest BCUT2D eigenvalue weighted by molar-refractivity contribution is -0.130. The fraction of sp³-hybridized carbons (Fsp3) is 0.200. The first-order chi connectivity index (χ1) is 13.9. The Kier molecular flexibility index (Phi) is 6.13. The third-order valence-corrected chi connectivity index (χ3v) is 4.74. The van der Waals surface area contributed by atoms with Gasteiger partial charge < -0.3 is 15.4 Å². The molecular formula is C20H18ClN3O5. The Bertz CT molecular complexity index is 961. The van der Waals surface area contributed by atoms with Crippen molar-refractivity contribution in [3.63, 3.8) is 0 Å². The number of nitrogens with zero attached hydrogens (tertiary/aromatic N) is 1. The minimum atomic E-state index is -0.959. The van der Waals surface area contributed by atoms with Crippen LogP contribution in [0.4, 0.5) is 10.5 Å². The summed E-state index contributed by atoms with van der Waals surface area (Å²) in [5.41, 5.74) is 1.43. The van der Waals surface area contributed by atoms with Crippen molar-refractivity contribution in [1.29, 1.82) is 0 Å². The predicted octanol–water partition coefficient (Wildman–Crippen LogP) is 2.58. The van der Waals surface area contributed by atoms with Gasteiger partial charge in [-0.05, 0) is 35.9 Å². The van der Waals surface area contributed by atoms with E-state index in [1.54, 1.807) is 36.4 Å². The molecule has 4 amide bonds. The standard InChI is InChI=1S/C20H18ClN3O5/c1-29-19(27)12-6-8-14(9-7-12)22-17(25)10-16-18(26)24(20(28)23-16)11-13-4-2-3-5-15(13)21/h2-9,16H,10-11H2,1H3,(H,22,25)(H,23,28)/t16-/m1/s1. The number of rotatable bonds is 6. The maximum absolute atomic E-state index is 12.5. The molecule has 2 aromatic rings. The van der Waals surface area contributed by atoms with Crippen LogP contribution in [0.3, 0.4) is 0 Å². The maximum Gasteiger partial charge on any atom is 0.337 e. The summed E-state index contributed by atoms with van der Waals surface area (Å²) >= 11 is 6.09. The SMILES string of the molecule is COC(=O)c1ccc(NC(=O)C[C@H]2NC(=O)N(Cc3ccccc3Cl)C2=O)cc1. The molecule has 9 heteroatoms. The van der Waals surface area contributed by atoms with Gasteiger partial charge in [-0.1, -0.05) is 29.8 Å². The number of hydrogen-bond donors (Lipinski definition) is 2. The summed E-state index contributed by atoms with van der Waals surface area (Å²) in [6.07, 6.45) is -0.220. The topological polar surface area (TPSA) is 105 Å². The minimum absolute atomic E-state index is 0.0252. The van der Waals surface area contributed by atoms with Crippen LogP contribution in [0, 0.1) is 0 Å². The van der Waals surface area contributed by atoms with Crippen LogP contribution in [-0.2, 0) is 20.9 Å². The van der Waals surface area contributed by atoms with E-state index in [1.807, 2.05) is 0 Å². The molecule has 0 bridgehead atoms. The summed E-state index contributed by atoms with van der Waals surface area (Å²) in [6.45, 7) is 0.0252. The number of methoxy groups -OCH3 is 1. The molecule has 1 atom stereocenters. The molecule has 1 saturated heterocycles. The lowest BCUT2D eigenvalue weighted by Crippen LogP contribution is -2.34. The summed E-state index contributed by atoms with van der Waals surface area (Å²) < 4.78 is 4.61. The highest BCUT2D eigenvalue weighted by Crippen LogP contribution is 2.20. The second kappa shape index (κ2) is 8.74. The van der Waals surface area contributed by atoms with Gasteiger partial charge >= 0.3 is 12.0 Å². The number of benzene rings is 2. The molecule has 1 aliphatic heterocycles. The quantitative estimate of drug-likeness (QED) is 0.557. The second-order valence-electron chi connectivity index (χ2n) is 6.34. The van der Waals surface area contributed by atoms with Crippen LogP contribution >= 0.6 is 11.6 Å². The largest absolute Gasteiger partial charge is 0.465 e. The molecule has 0 radical (unpaired) electrons. The van der Waals surface area contributed by atoms with Crippen molar-refractivity contribution in [1.82, 2.24) is 10.2 Å². The number of carbonyl (C=O) groups is 4. The molecular weight excluding hydrogens is 398 g/mol. The lowest BCUT2D eigenvalue weighted by Gasteiger charge is -2.14. The third-order valence-electron chi connectivity index (χ3n) is 4.37. The summed E-state index contributed by atoms with van der Waals surface area (Å²) in [6, 6.07) is 11.5. The van der Waals surface area contributed by atoms with E-state index in [-0.39, 0.29) is 13.0 Å². The highest BCUT2D eigenvalue weighted by molar-refractivity contribution is 6.31. The van der Waals surface area contributed by atoms with Gasteiger partial charge in [0.1, 0.15) is 6.04 Å². The summed E-state index contributed by atoms with van der Waals surface area (Å²) in [5.74, 6) is -1.43. The third kappa shape index (κ3) is 4.72. The van der Waals surface area contributed by atoms with E-state index < -0.39 is 29.9 Å². The second-order valence-corrected chi connectivity index (χ2v) is 6.75. The lowest BCUT2D eigenvalue weighted by atomic mass is 10.1. The number of nitrogens with one attached hydrogen (secondary N) is 2. The summed E-state index contributed by atoms with van der Waals surface area (Å²) in [7, 11) is 1.28. The Balaban J connectivity index is 1.59. The van der Waals surface area contributed by atoms with E-state index in [0.29, 0.717) is 21.8 Å². The number of carbonyl (C=O) groups excluding carboxylic acids is 4. The normalized spacial score (nSPS) is 15.8. The first-order valence-corrected chi connectivity index (χ1v) is 9.10. The molecule has 1 aliphatic rings. The van der Waals surface area contributed by atoms with Crippen molar-refractivity contribution >= 4 is 41.1 Å². The molecule has 29 heavy (non-hydrogen) atoms. The minimum Gasteiger partial charge on any atom is -0.465 e. The smallest absolute Gasteiger partial charge is 0.337 e. The van der Waals surface area contributed by atoms with Gasteiger partial charge in [0, 0.05) is 10.7 Å². The molecule has 0 aliphatic carbocycles. The van der Waals surface area contributed by atoms with Crippen LogP contribution in [0.2, 0.25) is 5.02 Å². The Morgan fingerprint density at radius 3 is 2.48 bits per heavy atom. The average Bonchev–Trinajstić information content (AvgIpc) is 2.96. The number of imide groups is 1. The van der Waals surface area contributed by atoms with E-state index in [1.165, 1.54) is 19.2 Å². The molecule has 8 nitrogen and oxygen atoms in total. The highest BCUT2D eigenvalue weighted by Gasteiger charge is 2.39. The first kappa shape index (κ1) is 20.3. The van der Waals surface area contributed by atoms with Crippen LogP contribution in [0.1, 0.15) is 22.3 Å².